The van der Waals surface area contributed by atoms with Crippen molar-refractivity contribution in [1.82, 2.24) is 4.90 Å². The van der Waals surface area contributed by atoms with E-state index in [1.807, 2.05) is 0 Å². The minimum atomic E-state index is -3.35. The van der Waals surface area contributed by atoms with Crippen molar-refractivity contribution in [2.45, 2.75) is 25.7 Å². The Hall–Kier alpha value is -0.690. The average Bonchev–Trinajstić information content (AvgIpc) is 2.15. The number of aliphatic carboxylic acids is 1. The van der Waals surface area contributed by atoms with Crippen molar-refractivity contribution in [2.75, 3.05) is 19.8 Å². The molecule has 0 saturated carbocycles. The highest BCUT2D eigenvalue weighted by Crippen LogP contribution is 2.06. The number of nitrogens with zero attached hydrogens (tertiary/aromatic N) is 1. The number of hydrogen-bond acceptors (Lipinski definition) is 4. The summed E-state index contributed by atoms with van der Waals surface area (Å²) in [5, 5.41) is 8.39. The minimum absolute atomic E-state index is 0.0103. The Labute approximate surface area is 101 Å². The van der Waals surface area contributed by atoms with Crippen LogP contribution in [-0.4, -0.2) is 48.6 Å². The molecule has 1 N–H and O–H groups in total. The SMILES string of the molecule is CN(C)C(=S)S(=O)(=O)CCCCCC(=O)O. The lowest BCUT2D eigenvalue weighted by Gasteiger charge is -2.13. The van der Waals surface area contributed by atoms with E-state index in [4.69, 9.17) is 17.3 Å². The smallest absolute Gasteiger partial charge is 0.303 e. The van der Waals surface area contributed by atoms with E-state index in [1.54, 1.807) is 14.1 Å². The summed E-state index contributed by atoms with van der Waals surface area (Å²) in [5.74, 6) is -0.865. The fourth-order valence-electron chi connectivity index (χ4n) is 1.11. The number of hydrogen-bond donors (Lipinski definition) is 1. The first-order valence-corrected chi connectivity index (χ1v) is 6.99. The van der Waals surface area contributed by atoms with Gasteiger partial charge in [0.2, 0.25) is 9.84 Å². The van der Waals surface area contributed by atoms with Crippen LogP contribution in [0.5, 0.6) is 0 Å². The summed E-state index contributed by atoms with van der Waals surface area (Å²) in [6, 6.07) is 0. The van der Waals surface area contributed by atoms with E-state index in [9.17, 15) is 13.2 Å². The summed E-state index contributed by atoms with van der Waals surface area (Å²) >= 11 is 4.78. The number of sulfone groups is 1. The summed E-state index contributed by atoms with van der Waals surface area (Å²) in [6.07, 6.45) is 1.61. The van der Waals surface area contributed by atoms with Gasteiger partial charge in [-0.1, -0.05) is 6.42 Å². The Balaban J connectivity index is 3.93. The first kappa shape index (κ1) is 15.3. The maximum absolute atomic E-state index is 11.6. The third kappa shape index (κ3) is 6.02. The summed E-state index contributed by atoms with van der Waals surface area (Å²) in [5.41, 5.74) is 0. The molecule has 16 heavy (non-hydrogen) atoms. The van der Waals surface area contributed by atoms with Gasteiger partial charge in [0, 0.05) is 20.5 Å². The van der Waals surface area contributed by atoms with Crippen LogP contribution in [0.2, 0.25) is 0 Å². The van der Waals surface area contributed by atoms with Crippen LogP contribution in [-0.2, 0) is 14.6 Å². The molecule has 0 unspecified atom stereocenters. The van der Waals surface area contributed by atoms with Gasteiger partial charge in [-0.15, -0.1) is 0 Å². The van der Waals surface area contributed by atoms with E-state index in [-0.39, 0.29) is 16.5 Å². The Morgan fingerprint density at radius 2 is 1.81 bits per heavy atom. The van der Waals surface area contributed by atoms with Gasteiger partial charge in [-0.2, -0.15) is 0 Å². The largest absolute Gasteiger partial charge is 0.481 e. The molecule has 0 rings (SSSR count). The van der Waals surface area contributed by atoms with Gasteiger partial charge in [-0.25, -0.2) is 8.42 Å². The fraction of sp³-hybridized carbons (Fsp3) is 0.778. The van der Waals surface area contributed by atoms with Gasteiger partial charge in [0.1, 0.15) is 0 Å². The number of carbonyl (C=O) groups is 1. The van der Waals surface area contributed by atoms with Crippen LogP contribution in [0.4, 0.5) is 0 Å². The molecule has 94 valence electrons. The molecule has 0 heterocycles. The Bertz CT molecular complexity index is 349. The third-order valence-electron chi connectivity index (χ3n) is 1.93. The molecule has 5 nitrogen and oxygen atoms in total. The summed E-state index contributed by atoms with van der Waals surface area (Å²) in [7, 11) is -0.175. The highest BCUT2D eigenvalue weighted by molar-refractivity contribution is 8.17. The molecule has 0 aliphatic carbocycles. The van der Waals surface area contributed by atoms with Crippen molar-refractivity contribution < 1.29 is 18.3 Å². The van der Waals surface area contributed by atoms with Gasteiger partial charge < -0.3 is 10.0 Å². The third-order valence-corrected chi connectivity index (χ3v) is 4.79. The molecule has 0 aromatic rings. The van der Waals surface area contributed by atoms with Crippen molar-refractivity contribution in [1.29, 1.82) is 0 Å². The quantitative estimate of drug-likeness (QED) is 0.569. The van der Waals surface area contributed by atoms with Crippen LogP contribution in [0.3, 0.4) is 0 Å². The zero-order chi connectivity index (χ0) is 12.8. The van der Waals surface area contributed by atoms with E-state index < -0.39 is 15.8 Å². The number of rotatable bonds is 6. The molecule has 0 spiro atoms. The highest BCUT2D eigenvalue weighted by atomic mass is 32.2. The number of thiocarbonyl (C=S) groups is 1. The fourth-order valence-corrected chi connectivity index (χ4v) is 2.68. The molecule has 0 aliphatic heterocycles. The number of unbranched alkanes of at least 4 members (excludes halogenated alkanes) is 2. The molecule has 0 aromatic carbocycles. The second-order valence-electron chi connectivity index (χ2n) is 3.68. The second-order valence-corrected chi connectivity index (χ2v) is 6.35. The normalized spacial score (nSPS) is 11.1. The molecule has 0 atom stereocenters. The van der Waals surface area contributed by atoms with Crippen LogP contribution in [0.25, 0.3) is 0 Å². The topological polar surface area (TPSA) is 74.7 Å². The zero-order valence-corrected chi connectivity index (χ0v) is 11.1. The Morgan fingerprint density at radius 3 is 2.25 bits per heavy atom. The van der Waals surface area contributed by atoms with Crippen LogP contribution in [0.1, 0.15) is 25.7 Å². The summed E-state index contributed by atoms with van der Waals surface area (Å²) in [6.45, 7) is 0. The van der Waals surface area contributed by atoms with Crippen LogP contribution < -0.4 is 0 Å². The maximum atomic E-state index is 11.6. The van der Waals surface area contributed by atoms with Crippen LogP contribution in [0, 0.1) is 0 Å². The van der Waals surface area contributed by atoms with Crippen molar-refractivity contribution >= 4 is 32.3 Å². The van der Waals surface area contributed by atoms with E-state index in [1.165, 1.54) is 4.90 Å². The van der Waals surface area contributed by atoms with E-state index >= 15 is 0 Å². The van der Waals surface area contributed by atoms with E-state index in [0.717, 1.165) is 0 Å². The van der Waals surface area contributed by atoms with Gasteiger partial charge in [-0.3, -0.25) is 4.79 Å². The lowest BCUT2D eigenvalue weighted by molar-refractivity contribution is -0.137. The van der Waals surface area contributed by atoms with Gasteiger partial charge in [0.15, 0.2) is 4.32 Å². The number of carboxylic acid groups (broad SMARTS) is 1. The van der Waals surface area contributed by atoms with E-state index in [2.05, 4.69) is 0 Å². The zero-order valence-electron chi connectivity index (χ0n) is 9.47. The monoisotopic (exact) mass is 267 g/mol. The molecule has 0 aliphatic rings. The standard InChI is InChI=1S/C9H17NO4S2/c1-10(2)9(15)16(13,14)7-5-3-4-6-8(11)12/h3-7H2,1-2H3,(H,11,12). The molecule has 0 fully saturated rings. The second kappa shape index (κ2) is 6.80. The lowest BCUT2D eigenvalue weighted by atomic mass is 10.2. The van der Waals surface area contributed by atoms with E-state index in [0.29, 0.717) is 19.3 Å². The first-order chi connectivity index (χ1) is 7.27. The van der Waals surface area contributed by atoms with Gasteiger partial charge in [-0.05, 0) is 25.1 Å². The van der Waals surface area contributed by atoms with Crippen molar-refractivity contribution in [3.05, 3.63) is 0 Å². The molecule has 0 saturated heterocycles. The highest BCUT2D eigenvalue weighted by Gasteiger charge is 2.18. The lowest BCUT2D eigenvalue weighted by Crippen LogP contribution is -2.30. The molecule has 0 aromatic heterocycles. The number of carboxylic acids is 1. The van der Waals surface area contributed by atoms with Gasteiger partial charge in [0.25, 0.3) is 0 Å². The Kier molecular flexibility index (Phi) is 6.51. The first-order valence-electron chi connectivity index (χ1n) is 4.93. The summed E-state index contributed by atoms with van der Waals surface area (Å²) in [4.78, 5) is 11.6. The average molecular weight is 267 g/mol. The molecule has 0 radical (unpaired) electrons. The predicted molar refractivity (Wildman–Crippen MR) is 66.2 cm³/mol. The van der Waals surface area contributed by atoms with Gasteiger partial charge >= 0.3 is 5.97 Å². The van der Waals surface area contributed by atoms with Crippen LogP contribution >= 0.6 is 12.2 Å². The van der Waals surface area contributed by atoms with Crippen molar-refractivity contribution in [2.24, 2.45) is 0 Å². The summed E-state index contributed by atoms with van der Waals surface area (Å²) < 4.78 is 23.1. The maximum Gasteiger partial charge on any atom is 0.303 e. The molecular weight excluding hydrogens is 250 g/mol. The minimum Gasteiger partial charge on any atom is -0.481 e. The molecule has 0 amide bonds. The van der Waals surface area contributed by atoms with Crippen LogP contribution in [0.15, 0.2) is 0 Å². The van der Waals surface area contributed by atoms with Crippen molar-refractivity contribution in [3.63, 3.8) is 0 Å². The predicted octanol–water partition coefficient (Wildman–Crippen LogP) is 0.893. The Morgan fingerprint density at radius 1 is 1.25 bits per heavy atom. The molecule has 0 bridgehead atoms. The molecular formula is C9H17NO4S2. The van der Waals surface area contributed by atoms with Gasteiger partial charge in [0.05, 0.1) is 5.75 Å². The van der Waals surface area contributed by atoms with Crippen molar-refractivity contribution in [3.8, 4) is 0 Å². The molecule has 7 heteroatoms.